The highest BCUT2D eigenvalue weighted by Gasteiger charge is 2.28. The molecular weight excluding hydrogens is 207 g/mol. The van der Waals surface area contributed by atoms with Gasteiger partial charge in [0.2, 0.25) is 0 Å². The third-order valence-corrected chi connectivity index (χ3v) is 1.26. The summed E-state index contributed by atoms with van der Waals surface area (Å²) in [5.74, 6) is 0. The topological polar surface area (TPSA) is 43.8 Å². The minimum atomic E-state index is -4.22. The van der Waals surface area contributed by atoms with E-state index in [4.69, 9.17) is 5.73 Å². The molecule has 0 amide bonds. The lowest BCUT2D eigenvalue weighted by Gasteiger charge is -2.04. The second-order valence-electron chi connectivity index (χ2n) is 2.37. The maximum Gasteiger partial charge on any atom is 0.408 e. The predicted molar refractivity (Wildman–Crippen MR) is 43.4 cm³/mol. The Morgan fingerprint density at radius 3 is 2.46 bits per heavy atom. The monoisotopic (exact) mass is 215 g/mol. The molecular formula is C6H9ClF3N3. The average Bonchev–Trinajstić information content (AvgIpc) is 2.32. The standard InChI is InChI=1S/C6H8F3N3.ClH/c7-6(8,9)4-12-3-5(1-10)2-11-12;/h2-3H,1,4,10H2;1H. The van der Waals surface area contributed by atoms with Crippen molar-refractivity contribution >= 4 is 12.4 Å². The van der Waals surface area contributed by atoms with Crippen LogP contribution in [0.25, 0.3) is 0 Å². The molecule has 0 saturated carbocycles. The van der Waals surface area contributed by atoms with Crippen LogP contribution in [-0.2, 0) is 13.1 Å². The minimum Gasteiger partial charge on any atom is -0.326 e. The van der Waals surface area contributed by atoms with Gasteiger partial charge in [-0.3, -0.25) is 4.68 Å². The number of halogens is 4. The number of nitrogens with zero attached hydrogens (tertiary/aromatic N) is 2. The van der Waals surface area contributed by atoms with Crippen molar-refractivity contribution in [2.45, 2.75) is 19.3 Å². The molecule has 76 valence electrons. The van der Waals surface area contributed by atoms with Crippen LogP contribution in [-0.4, -0.2) is 16.0 Å². The Hall–Kier alpha value is -0.750. The molecule has 1 aromatic rings. The van der Waals surface area contributed by atoms with Crippen LogP contribution in [0.3, 0.4) is 0 Å². The number of alkyl halides is 3. The summed E-state index contributed by atoms with van der Waals surface area (Å²) in [5, 5.41) is 3.49. The summed E-state index contributed by atoms with van der Waals surface area (Å²) in [4.78, 5) is 0. The minimum absolute atomic E-state index is 0. The molecule has 0 atom stereocenters. The molecule has 0 aliphatic carbocycles. The molecule has 0 saturated heterocycles. The molecule has 7 heteroatoms. The molecule has 0 radical (unpaired) electrons. The Morgan fingerprint density at radius 1 is 1.46 bits per heavy atom. The molecule has 1 aromatic heterocycles. The smallest absolute Gasteiger partial charge is 0.326 e. The fourth-order valence-electron chi connectivity index (χ4n) is 0.782. The van der Waals surface area contributed by atoms with Crippen LogP contribution in [0.4, 0.5) is 13.2 Å². The summed E-state index contributed by atoms with van der Waals surface area (Å²) in [6.07, 6.45) is -1.61. The first kappa shape index (κ1) is 12.2. The molecule has 3 nitrogen and oxygen atoms in total. The van der Waals surface area contributed by atoms with Crippen molar-refractivity contribution in [3.05, 3.63) is 18.0 Å². The predicted octanol–water partition coefficient (Wildman–Crippen LogP) is 1.33. The van der Waals surface area contributed by atoms with Gasteiger partial charge in [-0.05, 0) is 0 Å². The molecule has 0 fully saturated rings. The zero-order valence-electron chi connectivity index (χ0n) is 6.58. The lowest BCUT2D eigenvalue weighted by Crippen LogP contribution is -2.17. The maximum atomic E-state index is 11.8. The van der Waals surface area contributed by atoms with E-state index in [2.05, 4.69) is 5.10 Å². The van der Waals surface area contributed by atoms with Crippen LogP contribution in [0.5, 0.6) is 0 Å². The average molecular weight is 216 g/mol. The van der Waals surface area contributed by atoms with Gasteiger partial charge in [0.15, 0.2) is 0 Å². The van der Waals surface area contributed by atoms with Gasteiger partial charge < -0.3 is 5.73 Å². The van der Waals surface area contributed by atoms with E-state index in [1.165, 1.54) is 12.4 Å². The van der Waals surface area contributed by atoms with Crippen molar-refractivity contribution in [3.8, 4) is 0 Å². The lowest BCUT2D eigenvalue weighted by molar-refractivity contribution is -0.142. The Bertz CT molecular complexity index is 258. The van der Waals surface area contributed by atoms with E-state index in [-0.39, 0.29) is 19.0 Å². The van der Waals surface area contributed by atoms with Crippen LogP contribution >= 0.6 is 12.4 Å². The van der Waals surface area contributed by atoms with Crippen molar-refractivity contribution in [3.63, 3.8) is 0 Å². The molecule has 13 heavy (non-hydrogen) atoms. The SMILES string of the molecule is Cl.NCc1cnn(CC(F)(F)F)c1. The second kappa shape index (κ2) is 4.48. The van der Waals surface area contributed by atoms with Crippen LogP contribution in [0.2, 0.25) is 0 Å². The number of rotatable bonds is 2. The summed E-state index contributed by atoms with van der Waals surface area (Å²) >= 11 is 0. The molecule has 1 rings (SSSR count). The van der Waals surface area contributed by atoms with Gasteiger partial charge in [-0.25, -0.2) is 0 Å². The fraction of sp³-hybridized carbons (Fsp3) is 0.500. The number of hydrogen-bond acceptors (Lipinski definition) is 2. The van der Waals surface area contributed by atoms with E-state index >= 15 is 0 Å². The first-order valence-corrected chi connectivity index (χ1v) is 3.29. The van der Waals surface area contributed by atoms with Crippen molar-refractivity contribution < 1.29 is 13.2 Å². The summed E-state index contributed by atoms with van der Waals surface area (Å²) in [5.41, 5.74) is 5.79. The van der Waals surface area contributed by atoms with Gasteiger partial charge in [-0.2, -0.15) is 18.3 Å². The normalized spacial score (nSPS) is 11.1. The number of aromatic nitrogens is 2. The van der Waals surface area contributed by atoms with Crippen LogP contribution in [0.15, 0.2) is 12.4 Å². The molecule has 1 heterocycles. The van der Waals surface area contributed by atoms with Gasteiger partial charge in [0.05, 0.1) is 6.20 Å². The largest absolute Gasteiger partial charge is 0.408 e. The van der Waals surface area contributed by atoms with E-state index in [0.717, 1.165) is 4.68 Å². The van der Waals surface area contributed by atoms with Gasteiger partial charge in [0, 0.05) is 18.3 Å². The fourth-order valence-corrected chi connectivity index (χ4v) is 0.782. The Balaban J connectivity index is 0.00000144. The first-order chi connectivity index (χ1) is 5.51. The van der Waals surface area contributed by atoms with Crippen LogP contribution in [0.1, 0.15) is 5.56 Å². The third kappa shape index (κ3) is 4.14. The Morgan fingerprint density at radius 2 is 2.08 bits per heavy atom. The molecule has 0 bridgehead atoms. The van der Waals surface area contributed by atoms with E-state index in [1.54, 1.807) is 0 Å². The highest BCUT2D eigenvalue weighted by molar-refractivity contribution is 5.85. The summed E-state index contributed by atoms with van der Waals surface area (Å²) in [6.45, 7) is -0.856. The lowest BCUT2D eigenvalue weighted by atomic mass is 10.4. The Labute approximate surface area is 79.1 Å². The zero-order chi connectivity index (χ0) is 9.19. The van der Waals surface area contributed by atoms with Crippen LogP contribution in [0, 0.1) is 0 Å². The van der Waals surface area contributed by atoms with Crippen molar-refractivity contribution in [2.24, 2.45) is 5.73 Å². The number of hydrogen-bond donors (Lipinski definition) is 1. The molecule has 2 N–H and O–H groups in total. The molecule has 0 aliphatic rings. The van der Waals surface area contributed by atoms with Gasteiger partial charge in [-0.15, -0.1) is 12.4 Å². The van der Waals surface area contributed by atoms with Gasteiger partial charge in [0.25, 0.3) is 0 Å². The Kier molecular flexibility index (Phi) is 4.22. The van der Waals surface area contributed by atoms with E-state index in [9.17, 15) is 13.2 Å². The molecule has 0 unspecified atom stereocenters. The first-order valence-electron chi connectivity index (χ1n) is 3.29. The van der Waals surface area contributed by atoms with Gasteiger partial charge >= 0.3 is 6.18 Å². The highest BCUT2D eigenvalue weighted by Crippen LogP contribution is 2.16. The maximum absolute atomic E-state index is 11.8. The van der Waals surface area contributed by atoms with E-state index in [1.807, 2.05) is 0 Å². The molecule has 0 aliphatic heterocycles. The molecule has 0 aromatic carbocycles. The van der Waals surface area contributed by atoms with Crippen molar-refractivity contribution in [1.82, 2.24) is 9.78 Å². The number of nitrogens with two attached hydrogens (primary N) is 1. The van der Waals surface area contributed by atoms with E-state index < -0.39 is 12.7 Å². The zero-order valence-corrected chi connectivity index (χ0v) is 7.40. The highest BCUT2D eigenvalue weighted by atomic mass is 35.5. The summed E-state index contributed by atoms with van der Waals surface area (Å²) < 4.78 is 36.1. The van der Waals surface area contributed by atoms with Gasteiger partial charge in [-0.1, -0.05) is 0 Å². The summed E-state index contributed by atoms with van der Waals surface area (Å²) in [6, 6.07) is 0. The third-order valence-electron chi connectivity index (χ3n) is 1.26. The van der Waals surface area contributed by atoms with Crippen LogP contribution < -0.4 is 5.73 Å². The van der Waals surface area contributed by atoms with Crippen molar-refractivity contribution in [2.75, 3.05) is 0 Å². The quantitative estimate of drug-likeness (QED) is 0.809. The summed E-state index contributed by atoms with van der Waals surface area (Å²) in [7, 11) is 0. The molecule has 0 spiro atoms. The van der Waals surface area contributed by atoms with E-state index in [0.29, 0.717) is 5.56 Å². The van der Waals surface area contributed by atoms with Crippen molar-refractivity contribution in [1.29, 1.82) is 0 Å². The second-order valence-corrected chi connectivity index (χ2v) is 2.37. The van der Waals surface area contributed by atoms with Gasteiger partial charge in [0.1, 0.15) is 6.54 Å².